The number of hydrogen-bond acceptors (Lipinski definition) is 3. The summed E-state index contributed by atoms with van der Waals surface area (Å²) in [5.74, 6) is 0.220. The number of rotatable bonds is 3. The first-order chi connectivity index (χ1) is 7.92. The molecule has 0 bridgehead atoms. The number of hydrogen-bond donors (Lipinski definition) is 1. The molecule has 4 nitrogen and oxygen atoms in total. The third kappa shape index (κ3) is 2.17. The minimum absolute atomic E-state index is 0.125. The summed E-state index contributed by atoms with van der Waals surface area (Å²) < 4.78 is 10.6. The van der Waals surface area contributed by atoms with E-state index in [0.717, 1.165) is 5.56 Å². The van der Waals surface area contributed by atoms with Crippen LogP contribution in [-0.4, -0.2) is 17.9 Å². The van der Waals surface area contributed by atoms with Gasteiger partial charge in [0.2, 0.25) is 6.79 Å². The Hall–Kier alpha value is -1.42. The maximum atomic E-state index is 11.1. The number of fused-ring (bicyclic) bond motifs is 1. The first-order valence-electron chi connectivity index (χ1n) is 5.22. The van der Waals surface area contributed by atoms with Gasteiger partial charge in [-0.15, -0.1) is 0 Å². The Morgan fingerprint density at radius 1 is 1.41 bits per heavy atom. The van der Waals surface area contributed by atoms with E-state index in [4.69, 9.17) is 26.2 Å². The molecule has 0 fully saturated rings. The van der Waals surface area contributed by atoms with Crippen molar-refractivity contribution in [3.63, 3.8) is 0 Å². The standard InChI is InChI=1S/C12H13ClO4/c1-12(2,11(14)15)5-7-3-4-8(13)10-9(7)16-6-17-10/h3-4H,5-6H2,1-2H3,(H,14,15). The lowest BCUT2D eigenvalue weighted by Crippen LogP contribution is -2.26. The van der Waals surface area contributed by atoms with Gasteiger partial charge in [-0.2, -0.15) is 0 Å². The second-order valence-corrected chi connectivity index (χ2v) is 5.04. The van der Waals surface area contributed by atoms with Gasteiger partial charge in [0.25, 0.3) is 0 Å². The van der Waals surface area contributed by atoms with E-state index in [2.05, 4.69) is 0 Å². The minimum Gasteiger partial charge on any atom is -0.481 e. The van der Waals surface area contributed by atoms with E-state index in [-0.39, 0.29) is 6.79 Å². The maximum absolute atomic E-state index is 11.1. The molecular weight excluding hydrogens is 244 g/mol. The zero-order valence-electron chi connectivity index (χ0n) is 9.62. The van der Waals surface area contributed by atoms with Crippen molar-refractivity contribution in [1.82, 2.24) is 0 Å². The molecule has 1 aliphatic rings. The summed E-state index contributed by atoms with van der Waals surface area (Å²) in [5.41, 5.74) is -0.0533. The molecule has 0 aromatic heterocycles. The largest absolute Gasteiger partial charge is 0.481 e. The SMILES string of the molecule is CC(C)(Cc1ccc(Cl)c2c1OCO2)C(=O)O. The molecule has 1 N–H and O–H groups in total. The van der Waals surface area contributed by atoms with Crippen LogP contribution in [0.5, 0.6) is 11.5 Å². The third-order valence-corrected chi connectivity index (χ3v) is 3.06. The lowest BCUT2D eigenvalue weighted by atomic mass is 9.85. The Morgan fingerprint density at radius 2 is 2.06 bits per heavy atom. The Balaban J connectivity index is 2.35. The van der Waals surface area contributed by atoms with Gasteiger partial charge in [-0.1, -0.05) is 17.7 Å². The normalized spacial score (nSPS) is 13.8. The molecular formula is C12H13ClO4. The number of ether oxygens (including phenoxy) is 2. The van der Waals surface area contributed by atoms with Crippen LogP contribution in [0.4, 0.5) is 0 Å². The highest BCUT2D eigenvalue weighted by Crippen LogP contribution is 2.43. The van der Waals surface area contributed by atoms with Gasteiger partial charge >= 0.3 is 5.97 Å². The number of aliphatic carboxylic acids is 1. The summed E-state index contributed by atoms with van der Waals surface area (Å²) in [6, 6.07) is 3.48. The van der Waals surface area contributed by atoms with Crippen molar-refractivity contribution in [2.45, 2.75) is 20.3 Å². The quantitative estimate of drug-likeness (QED) is 0.903. The molecule has 17 heavy (non-hydrogen) atoms. The van der Waals surface area contributed by atoms with Gasteiger partial charge in [0, 0.05) is 0 Å². The molecule has 0 aliphatic carbocycles. The van der Waals surface area contributed by atoms with Gasteiger partial charge in [-0.05, 0) is 31.9 Å². The third-order valence-electron chi connectivity index (χ3n) is 2.76. The van der Waals surface area contributed by atoms with Crippen LogP contribution in [0.15, 0.2) is 12.1 Å². The molecule has 1 aromatic carbocycles. The molecule has 2 rings (SSSR count). The number of carbonyl (C=O) groups is 1. The van der Waals surface area contributed by atoms with Gasteiger partial charge in [-0.3, -0.25) is 4.79 Å². The summed E-state index contributed by atoms with van der Waals surface area (Å²) >= 11 is 5.95. The summed E-state index contributed by atoms with van der Waals surface area (Å²) in [4.78, 5) is 11.1. The molecule has 1 heterocycles. The molecule has 0 saturated heterocycles. The maximum Gasteiger partial charge on any atom is 0.309 e. The number of carboxylic acids is 1. The van der Waals surface area contributed by atoms with Crippen molar-refractivity contribution in [2.75, 3.05) is 6.79 Å². The molecule has 5 heteroatoms. The van der Waals surface area contributed by atoms with E-state index in [1.807, 2.05) is 0 Å². The Bertz CT molecular complexity index is 468. The first kappa shape index (κ1) is 12.0. The van der Waals surface area contributed by atoms with E-state index < -0.39 is 11.4 Å². The van der Waals surface area contributed by atoms with Crippen LogP contribution in [-0.2, 0) is 11.2 Å². The fourth-order valence-corrected chi connectivity index (χ4v) is 1.91. The van der Waals surface area contributed by atoms with E-state index in [1.165, 1.54) is 0 Å². The fraction of sp³-hybridized carbons (Fsp3) is 0.417. The Morgan fingerprint density at radius 3 is 2.71 bits per heavy atom. The predicted octanol–water partition coefficient (Wildman–Crippen LogP) is 2.72. The van der Waals surface area contributed by atoms with Crippen LogP contribution in [0.3, 0.4) is 0 Å². The number of benzene rings is 1. The molecule has 0 radical (unpaired) electrons. The summed E-state index contributed by atoms with van der Waals surface area (Å²) in [5, 5.41) is 9.59. The second-order valence-electron chi connectivity index (χ2n) is 4.64. The molecule has 0 unspecified atom stereocenters. The fourth-order valence-electron chi connectivity index (χ4n) is 1.71. The van der Waals surface area contributed by atoms with E-state index in [9.17, 15) is 4.79 Å². The lowest BCUT2D eigenvalue weighted by molar-refractivity contribution is -0.146. The van der Waals surface area contributed by atoms with Gasteiger partial charge in [0.1, 0.15) is 0 Å². The topological polar surface area (TPSA) is 55.8 Å². The summed E-state index contributed by atoms with van der Waals surface area (Å²) in [6.45, 7) is 3.47. The van der Waals surface area contributed by atoms with Crippen molar-refractivity contribution < 1.29 is 19.4 Å². The highest BCUT2D eigenvalue weighted by Gasteiger charge is 2.31. The summed E-state index contributed by atoms with van der Waals surface area (Å²) in [7, 11) is 0. The zero-order chi connectivity index (χ0) is 12.6. The van der Waals surface area contributed by atoms with Crippen LogP contribution in [0.25, 0.3) is 0 Å². The van der Waals surface area contributed by atoms with Crippen molar-refractivity contribution in [3.8, 4) is 11.5 Å². The molecule has 0 saturated carbocycles. The number of halogens is 1. The van der Waals surface area contributed by atoms with Crippen molar-refractivity contribution in [1.29, 1.82) is 0 Å². The molecule has 92 valence electrons. The zero-order valence-corrected chi connectivity index (χ0v) is 10.4. The van der Waals surface area contributed by atoms with Crippen LogP contribution in [0, 0.1) is 5.41 Å². The Labute approximate surface area is 104 Å². The first-order valence-corrected chi connectivity index (χ1v) is 5.60. The molecule has 0 atom stereocenters. The number of carboxylic acid groups (broad SMARTS) is 1. The molecule has 0 amide bonds. The Kier molecular flexibility index (Phi) is 2.91. The average Bonchev–Trinajstić information content (AvgIpc) is 2.71. The average molecular weight is 257 g/mol. The van der Waals surface area contributed by atoms with E-state index >= 15 is 0 Å². The highest BCUT2D eigenvalue weighted by molar-refractivity contribution is 6.32. The highest BCUT2D eigenvalue weighted by atomic mass is 35.5. The van der Waals surface area contributed by atoms with Crippen molar-refractivity contribution >= 4 is 17.6 Å². The summed E-state index contributed by atoms with van der Waals surface area (Å²) in [6.07, 6.45) is 0.366. The van der Waals surface area contributed by atoms with Gasteiger partial charge < -0.3 is 14.6 Å². The van der Waals surface area contributed by atoms with Crippen molar-refractivity contribution in [2.24, 2.45) is 5.41 Å². The smallest absolute Gasteiger partial charge is 0.309 e. The molecule has 0 spiro atoms. The van der Waals surface area contributed by atoms with Gasteiger partial charge in [0.05, 0.1) is 10.4 Å². The van der Waals surface area contributed by atoms with E-state index in [1.54, 1.807) is 26.0 Å². The second kappa shape index (κ2) is 4.11. The predicted molar refractivity (Wildman–Crippen MR) is 62.7 cm³/mol. The van der Waals surface area contributed by atoms with Gasteiger partial charge in [0.15, 0.2) is 11.5 Å². The van der Waals surface area contributed by atoms with Crippen LogP contribution < -0.4 is 9.47 Å². The van der Waals surface area contributed by atoms with E-state index in [0.29, 0.717) is 22.9 Å². The van der Waals surface area contributed by atoms with Crippen molar-refractivity contribution in [3.05, 3.63) is 22.7 Å². The van der Waals surface area contributed by atoms with Crippen LogP contribution in [0.2, 0.25) is 5.02 Å². The monoisotopic (exact) mass is 256 g/mol. The lowest BCUT2D eigenvalue weighted by Gasteiger charge is -2.19. The minimum atomic E-state index is -0.854. The van der Waals surface area contributed by atoms with Crippen LogP contribution >= 0.6 is 11.6 Å². The van der Waals surface area contributed by atoms with Crippen LogP contribution in [0.1, 0.15) is 19.4 Å². The molecule has 1 aliphatic heterocycles. The molecule has 1 aromatic rings. The van der Waals surface area contributed by atoms with Gasteiger partial charge in [-0.25, -0.2) is 0 Å².